The van der Waals surface area contributed by atoms with Crippen LogP contribution in [0.15, 0.2) is 18.3 Å². The highest BCUT2D eigenvalue weighted by atomic mass is 16.6. The van der Waals surface area contributed by atoms with Crippen molar-refractivity contribution in [1.29, 1.82) is 5.26 Å². The van der Waals surface area contributed by atoms with Gasteiger partial charge in [-0.05, 0) is 21.9 Å². The number of rotatable bonds is 4. The summed E-state index contributed by atoms with van der Waals surface area (Å²) >= 11 is 0. The molecule has 1 aromatic rings. The van der Waals surface area contributed by atoms with Crippen LogP contribution in [-0.2, 0) is 0 Å². The highest BCUT2D eigenvalue weighted by molar-refractivity contribution is 6.67. The Balaban J connectivity index is 1.80. The van der Waals surface area contributed by atoms with Crippen LogP contribution in [0, 0.1) is 27.3 Å². The number of nitriles is 1. The maximum absolute atomic E-state index is 10.5. The molecule has 0 saturated carbocycles. The number of nitro groups is 1. The minimum Gasteiger partial charge on any atom is -0.382 e. The highest BCUT2D eigenvalue weighted by Gasteiger charge is 2.23. The Bertz CT molecular complexity index is 477. The molecule has 1 fully saturated rings. The summed E-state index contributed by atoms with van der Waals surface area (Å²) in [6.45, 7) is 1.05. The van der Waals surface area contributed by atoms with Gasteiger partial charge in [0.2, 0.25) is 0 Å². The molecule has 19 heavy (non-hydrogen) atoms. The molecule has 0 atom stereocenters. The fraction of sp³-hybridized carbons (Fsp3) is 0.500. The van der Waals surface area contributed by atoms with Gasteiger partial charge < -0.3 is 15.4 Å². The van der Waals surface area contributed by atoms with E-state index in [1.54, 1.807) is 6.07 Å². The van der Waals surface area contributed by atoms with Crippen LogP contribution in [0.4, 0.5) is 11.5 Å². The Morgan fingerprint density at radius 2 is 2.26 bits per heavy atom. The second-order valence-electron chi connectivity index (χ2n) is 4.89. The van der Waals surface area contributed by atoms with Crippen molar-refractivity contribution in [2.24, 2.45) is 5.92 Å². The van der Waals surface area contributed by atoms with Crippen molar-refractivity contribution in [3.05, 3.63) is 28.4 Å². The smallest absolute Gasteiger partial charge is 0.363 e. The van der Waals surface area contributed by atoms with Crippen LogP contribution in [0.2, 0.25) is 12.6 Å². The van der Waals surface area contributed by atoms with Crippen LogP contribution in [0.3, 0.4) is 0 Å². The standard InChI is InChI=1S/C12H15BN4O2/c14-9-13-5-3-10(4-6-13)7-15-11-1-2-12(16-8-11)17(18)19/h1-2,8,10,15H,3-7H2. The second kappa shape index (κ2) is 6.18. The maximum atomic E-state index is 10.5. The second-order valence-corrected chi connectivity index (χ2v) is 4.89. The van der Waals surface area contributed by atoms with Crippen molar-refractivity contribution in [1.82, 2.24) is 4.98 Å². The average Bonchev–Trinajstić information content (AvgIpc) is 2.46. The molecular formula is C12H15BN4O2. The zero-order valence-electron chi connectivity index (χ0n) is 10.6. The van der Waals surface area contributed by atoms with E-state index in [-0.39, 0.29) is 12.5 Å². The van der Waals surface area contributed by atoms with Crippen molar-refractivity contribution in [2.75, 3.05) is 11.9 Å². The molecule has 0 aliphatic carbocycles. The Kier molecular flexibility index (Phi) is 4.34. The first-order valence-electron chi connectivity index (χ1n) is 6.43. The molecule has 1 saturated heterocycles. The molecule has 2 rings (SSSR count). The number of nitrogens with one attached hydrogen (secondary N) is 1. The van der Waals surface area contributed by atoms with E-state index < -0.39 is 4.92 Å². The molecule has 0 aromatic carbocycles. The zero-order valence-corrected chi connectivity index (χ0v) is 10.6. The molecule has 0 amide bonds. The third-order valence-corrected chi connectivity index (χ3v) is 3.56. The SMILES string of the molecule is N#CB1CCC(CNc2ccc([N+](=O)[O-])nc2)CC1. The fourth-order valence-corrected chi connectivity index (χ4v) is 2.36. The van der Waals surface area contributed by atoms with Gasteiger partial charge in [-0.1, -0.05) is 25.5 Å². The molecule has 0 bridgehead atoms. The van der Waals surface area contributed by atoms with E-state index in [1.807, 2.05) is 0 Å². The topological polar surface area (TPSA) is 91.8 Å². The van der Waals surface area contributed by atoms with E-state index in [4.69, 9.17) is 5.26 Å². The fourth-order valence-electron chi connectivity index (χ4n) is 2.36. The number of hydrogen-bond acceptors (Lipinski definition) is 5. The molecule has 6 nitrogen and oxygen atoms in total. The normalized spacial score (nSPS) is 15.8. The lowest BCUT2D eigenvalue weighted by Gasteiger charge is -2.23. The van der Waals surface area contributed by atoms with Gasteiger partial charge in [0.25, 0.3) is 6.71 Å². The van der Waals surface area contributed by atoms with Crippen LogP contribution >= 0.6 is 0 Å². The summed E-state index contributed by atoms with van der Waals surface area (Å²) in [5, 5.41) is 22.5. The Labute approximate surface area is 112 Å². The van der Waals surface area contributed by atoms with Crippen LogP contribution in [0.1, 0.15) is 12.8 Å². The monoisotopic (exact) mass is 258 g/mol. The molecule has 98 valence electrons. The quantitative estimate of drug-likeness (QED) is 0.508. The van der Waals surface area contributed by atoms with E-state index in [2.05, 4.69) is 16.3 Å². The molecule has 0 unspecified atom stereocenters. The minimum atomic E-state index is -0.507. The number of nitrogens with zero attached hydrogens (tertiary/aromatic N) is 3. The largest absolute Gasteiger partial charge is 0.382 e. The summed E-state index contributed by atoms with van der Waals surface area (Å²) in [6, 6.07) is 3.07. The van der Waals surface area contributed by atoms with Crippen molar-refractivity contribution >= 4 is 18.2 Å². The van der Waals surface area contributed by atoms with Crippen LogP contribution in [0.5, 0.6) is 0 Å². The van der Waals surface area contributed by atoms with Gasteiger partial charge in [-0.15, -0.1) is 0 Å². The van der Waals surface area contributed by atoms with Gasteiger partial charge in [0, 0.05) is 18.6 Å². The third kappa shape index (κ3) is 3.68. The first-order chi connectivity index (χ1) is 9.19. The maximum Gasteiger partial charge on any atom is 0.363 e. The number of hydrogen-bond donors (Lipinski definition) is 1. The van der Waals surface area contributed by atoms with Gasteiger partial charge in [0.05, 0.1) is 5.69 Å². The molecule has 7 heteroatoms. The lowest BCUT2D eigenvalue weighted by molar-refractivity contribution is -0.389. The van der Waals surface area contributed by atoms with E-state index in [0.717, 1.165) is 37.7 Å². The average molecular weight is 258 g/mol. The predicted molar refractivity (Wildman–Crippen MR) is 73.1 cm³/mol. The van der Waals surface area contributed by atoms with E-state index in [1.165, 1.54) is 12.3 Å². The molecular weight excluding hydrogens is 243 g/mol. The first-order valence-corrected chi connectivity index (χ1v) is 6.43. The Morgan fingerprint density at radius 3 is 2.79 bits per heavy atom. The lowest BCUT2D eigenvalue weighted by atomic mass is 9.42. The van der Waals surface area contributed by atoms with Gasteiger partial charge in [-0.3, -0.25) is 0 Å². The Hall–Kier alpha value is -2.10. The summed E-state index contributed by atoms with van der Waals surface area (Å²) in [4.78, 5) is 13.7. The first kappa shape index (κ1) is 13.3. The van der Waals surface area contributed by atoms with Gasteiger partial charge in [0.1, 0.15) is 0 Å². The Morgan fingerprint density at radius 1 is 1.53 bits per heavy atom. The molecule has 0 radical (unpaired) electrons. The van der Waals surface area contributed by atoms with Gasteiger partial charge in [0.15, 0.2) is 6.20 Å². The number of aromatic nitrogens is 1. The molecule has 1 aromatic heterocycles. The van der Waals surface area contributed by atoms with Crippen LogP contribution in [0.25, 0.3) is 0 Å². The van der Waals surface area contributed by atoms with Crippen molar-refractivity contribution in [3.63, 3.8) is 0 Å². The van der Waals surface area contributed by atoms with Gasteiger partial charge >= 0.3 is 5.82 Å². The number of anilines is 1. The van der Waals surface area contributed by atoms with Crippen LogP contribution < -0.4 is 5.32 Å². The number of pyridine rings is 1. The van der Waals surface area contributed by atoms with Crippen molar-refractivity contribution < 1.29 is 4.92 Å². The van der Waals surface area contributed by atoms with E-state index >= 15 is 0 Å². The molecule has 0 spiro atoms. The molecule has 1 aliphatic rings. The molecule has 1 aliphatic heterocycles. The summed E-state index contributed by atoms with van der Waals surface area (Å²) in [6.07, 6.45) is 5.55. The van der Waals surface area contributed by atoms with Gasteiger partial charge in [-0.2, -0.15) is 0 Å². The predicted octanol–water partition coefficient (Wildman–Crippen LogP) is 2.37. The van der Waals surface area contributed by atoms with Crippen LogP contribution in [-0.4, -0.2) is 23.2 Å². The van der Waals surface area contributed by atoms with Crippen molar-refractivity contribution in [3.8, 4) is 5.97 Å². The zero-order chi connectivity index (χ0) is 13.7. The summed E-state index contributed by atoms with van der Waals surface area (Å²) < 4.78 is 0. The third-order valence-electron chi connectivity index (χ3n) is 3.56. The summed E-state index contributed by atoms with van der Waals surface area (Å²) in [5.41, 5.74) is 0.799. The summed E-state index contributed by atoms with van der Waals surface area (Å²) in [5.74, 6) is 2.75. The van der Waals surface area contributed by atoms with E-state index in [0.29, 0.717) is 5.92 Å². The van der Waals surface area contributed by atoms with E-state index in [9.17, 15) is 10.1 Å². The molecule has 2 heterocycles. The molecule has 1 N–H and O–H groups in total. The van der Waals surface area contributed by atoms with Gasteiger partial charge in [-0.25, -0.2) is 5.26 Å². The summed E-state index contributed by atoms with van der Waals surface area (Å²) in [7, 11) is 0. The highest BCUT2D eigenvalue weighted by Crippen LogP contribution is 2.25. The van der Waals surface area contributed by atoms with Crippen molar-refractivity contribution in [2.45, 2.75) is 25.5 Å². The lowest BCUT2D eigenvalue weighted by Crippen LogP contribution is -2.24. The minimum absolute atomic E-state index is 0.139.